The fourth-order valence-corrected chi connectivity index (χ4v) is 1.88. The van der Waals surface area contributed by atoms with Gasteiger partial charge in [-0.1, -0.05) is 34.6 Å². The lowest BCUT2D eigenvalue weighted by atomic mass is 9.82. The Hall–Kier alpha value is -1.05. The Labute approximate surface area is 91.9 Å². The Balaban J connectivity index is 3.57. The van der Waals surface area contributed by atoms with Gasteiger partial charge >= 0.3 is 0 Å². The molecular weight excluding hydrogens is 186 g/mol. The minimum atomic E-state index is -0.0876. The van der Waals surface area contributed by atoms with Crippen molar-refractivity contribution in [1.29, 1.82) is 0 Å². The maximum atomic E-state index is 12.1. The average molecular weight is 207 g/mol. The Bertz CT molecular complexity index is 408. The molecule has 2 heteroatoms. The van der Waals surface area contributed by atoms with Crippen LogP contribution in [-0.4, -0.2) is 4.57 Å². The molecule has 0 aliphatic rings. The van der Waals surface area contributed by atoms with Gasteiger partial charge in [0.05, 0.1) is 0 Å². The van der Waals surface area contributed by atoms with Crippen molar-refractivity contribution in [3.8, 4) is 0 Å². The summed E-state index contributed by atoms with van der Waals surface area (Å²) in [6.45, 7) is 10.5. The molecule has 0 aromatic carbocycles. The topological polar surface area (TPSA) is 22.0 Å². The standard InChI is InChI=1S/C13H21NO/c1-9(2)10-7-8-14(6)12(15)11(10)13(3,4)5/h7-9H,1-6H3. The van der Waals surface area contributed by atoms with Gasteiger partial charge in [-0.05, 0) is 23.0 Å². The van der Waals surface area contributed by atoms with Gasteiger partial charge < -0.3 is 4.57 Å². The second-order valence-electron chi connectivity index (χ2n) is 5.47. The second kappa shape index (κ2) is 3.84. The minimum absolute atomic E-state index is 0.0876. The van der Waals surface area contributed by atoms with E-state index in [1.54, 1.807) is 4.57 Å². The summed E-state index contributed by atoms with van der Waals surface area (Å²) in [4.78, 5) is 12.1. The molecule has 2 nitrogen and oxygen atoms in total. The first-order valence-corrected chi connectivity index (χ1v) is 5.45. The number of hydrogen-bond donors (Lipinski definition) is 0. The maximum Gasteiger partial charge on any atom is 0.254 e. The van der Waals surface area contributed by atoms with Crippen molar-refractivity contribution in [2.24, 2.45) is 7.05 Å². The smallest absolute Gasteiger partial charge is 0.254 e. The predicted octanol–water partition coefficient (Wildman–Crippen LogP) is 2.81. The fraction of sp³-hybridized carbons (Fsp3) is 0.615. The van der Waals surface area contributed by atoms with Crippen LogP contribution in [0.1, 0.15) is 51.7 Å². The van der Waals surface area contributed by atoms with Crippen LogP contribution in [0.2, 0.25) is 0 Å². The van der Waals surface area contributed by atoms with Crippen LogP contribution in [0.3, 0.4) is 0 Å². The van der Waals surface area contributed by atoms with Gasteiger partial charge in [0.2, 0.25) is 0 Å². The highest BCUT2D eigenvalue weighted by Crippen LogP contribution is 2.27. The second-order valence-corrected chi connectivity index (χ2v) is 5.47. The van der Waals surface area contributed by atoms with Crippen molar-refractivity contribution in [2.45, 2.75) is 46.0 Å². The summed E-state index contributed by atoms with van der Waals surface area (Å²) in [6.07, 6.45) is 1.85. The molecular formula is C13H21NO. The lowest BCUT2D eigenvalue weighted by molar-refractivity contribution is 0.559. The number of rotatable bonds is 1. The molecule has 0 N–H and O–H groups in total. The van der Waals surface area contributed by atoms with Crippen LogP contribution in [0.4, 0.5) is 0 Å². The largest absolute Gasteiger partial charge is 0.318 e. The molecule has 0 fully saturated rings. The highest BCUT2D eigenvalue weighted by molar-refractivity contribution is 5.32. The maximum absolute atomic E-state index is 12.1. The first kappa shape index (κ1) is 12.0. The normalized spacial score (nSPS) is 12.2. The van der Waals surface area contributed by atoms with Gasteiger partial charge in [-0.2, -0.15) is 0 Å². The summed E-state index contributed by atoms with van der Waals surface area (Å²) in [5, 5.41) is 0. The molecule has 0 spiro atoms. The van der Waals surface area contributed by atoms with Gasteiger partial charge in [0.1, 0.15) is 0 Å². The van der Waals surface area contributed by atoms with Gasteiger partial charge in [0, 0.05) is 18.8 Å². The number of hydrogen-bond acceptors (Lipinski definition) is 1. The molecule has 0 atom stereocenters. The van der Waals surface area contributed by atoms with Crippen molar-refractivity contribution in [3.63, 3.8) is 0 Å². The molecule has 0 saturated heterocycles. The van der Waals surface area contributed by atoms with E-state index in [0.29, 0.717) is 5.92 Å². The molecule has 0 unspecified atom stereocenters. The summed E-state index contributed by atoms with van der Waals surface area (Å²) in [6, 6.07) is 2.06. The lowest BCUT2D eigenvalue weighted by Gasteiger charge is -2.24. The third-order valence-corrected chi connectivity index (χ3v) is 2.67. The monoisotopic (exact) mass is 207 g/mol. The van der Waals surface area contributed by atoms with E-state index in [2.05, 4.69) is 40.7 Å². The van der Waals surface area contributed by atoms with Gasteiger partial charge in [0.25, 0.3) is 5.56 Å². The van der Waals surface area contributed by atoms with Gasteiger partial charge in [-0.25, -0.2) is 0 Å². The van der Waals surface area contributed by atoms with Crippen molar-refractivity contribution >= 4 is 0 Å². The van der Waals surface area contributed by atoms with Crippen LogP contribution >= 0.6 is 0 Å². The van der Waals surface area contributed by atoms with Crippen LogP contribution in [0.15, 0.2) is 17.1 Å². The van der Waals surface area contributed by atoms with Crippen LogP contribution in [0, 0.1) is 0 Å². The summed E-state index contributed by atoms with van der Waals surface area (Å²) in [5.74, 6) is 0.396. The summed E-state index contributed by atoms with van der Waals surface area (Å²) in [5.41, 5.74) is 2.16. The fourth-order valence-electron chi connectivity index (χ4n) is 1.88. The van der Waals surface area contributed by atoms with Crippen LogP contribution < -0.4 is 5.56 Å². The van der Waals surface area contributed by atoms with Crippen molar-refractivity contribution in [1.82, 2.24) is 4.57 Å². The Morgan fingerprint density at radius 1 is 1.27 bits per heavy atom. The van der Waals surface area contributed by atoms with E-state index in [0.717, 1.165) is 5.56 Å². The summed E-state index contributed by atoms with van der Waals surface area (Å²) < 4.78 is 1.66. The Morgan fingerprint density at radius 3 is 2.20 bits per heavy atom. The zero-order valence-electron chi connectivity index (χ0n) is 10.6. The molecule has 0 radical (unpaired) electrons. The SMILES string of the molecule is CC(C)c1ccn(C)c(=O)c1C(C)(C)C. The molecule has 1 aromatic heterocycles. The minimum Gasteiger partial charge on any atom is -0.318 e. The molecule has 0 bridgehead atoms. The highest BCUT2D eigenvalue weighted by atomic mass is 16.1. The third-order valence-electron chi connectivity index (χ3n) is 2.67. The molecule has 1 aromatic rings. The van der Waals surface area contributed by atoms with Crippen LogP contribution in [-0.2, 0) is 12.5 Å². The summed E-state index contributed by atoms with van der Waals surface area (Å²) >= 11 is 0. The first-order valence-electron chi connectivity index (χ1n) is 5.45. The number of aryl methyl sites for hydroxylation is 1. The van der Waals surface area contributed by atoms with E-state index in [9.17, 15) is 4.79 Å². The van der Waals surface area contributed by atoms with Crippen LogP contribution in [0.5, 0.6) is 0 Å². The van der Waals surface area contributed by atoms with E-state index in [1.807, 2.05) is 13.2 Å². The zero-order valence-corrected chi connectivity index (χ0v) is 10.6. The average Bonchev–Trinajstić information content (AvgIpc) is 2.06. The predicted molar refractivity (Wildman–Crippen MR) is 64.5 cm³/mol. The molecule has 0 amide bonds. The molecule has 1 heterocycles. The van der Waals surface area contributed by atoms with E-state index < -0.39 is 0 Å². The van der Waals surface area contributed by atoms with Gasteiger partial charge in [-0.15, -0.1) is 0 Å². The van der Waals surface area contributed by atoms with E-state index >= 15 is 0 Å². The van der Waals surface area contributed by atoms with E-state index in [4.69, 9.17) is 0 Å². The van der Waals surface area contributed by atoms with Crippen molar-refractivity contribution < 1.29 is 0 Å². The van der Waals surface area contributed by atoms with Crippen LogP contribution in [0.25, 0.3) is 0 Å². The van der Waals surface area contributed by atoms with E-state index in [1.165, 1.54) is 5.56 Å². The molecule has 0 aliphatic heterocycles. The first-order chi connectivity index (χ1) is 6.75. The molecule has 0 saturated carbocycles. The molecule has 0 aliphatic carbocycles. The van der Waals surface area contributed by atoms with E-state index in [-0.39, 0.29) is 11.0 Å². The number of pyridine rings is 1. The Kier molecular flexibility index (Phi) is 3.08. The zero-order chi connectivity index (χ0) is 11.8. The highest BCUT2D eigenvalue weighted by Gasteiger charge is 2.23. The molecule has 84 valence electrons. The molecule has 1 rings (SSSR count). The third kappa shape index (κ3) is 2.31. The Morgan fingerprint density at radius 2 is 1.80 bits per heavy atom. The summed E-state index contributed by atoms with van der Waals surface area (Å²) in [7, 11) is 1.81. The lowest BCUT2D eigenvalue weighted by Crippen LogP contribution is -2.31. The quantitative estimate of drug-likeness (QED) is 0.694. The van der Waals surface area contributed by atoms with Gasteiger partial charge in [0.15, 0.2) is 0 Å². The molecule has 15 heavy (non-hydrogen) atoms. The number of nitrogens with zero attached hydrogens (tertiary/aromatic N) is 1. The van der Waals surface area contributed by atoms with Gasteiger partial charge in [-0.3, -0.25) is 4.79 Å². The van der Waals surface area contributed by atoms with Crippen molar-refractivity contribution in [3.05, 3.63) is 33.7 Å². The van der Waals surface area contributed by atoms with Crippen molar-refractivity contribution in [2.75, 3.05) is 0 Å². The number of aromatic nitrogens is 1.